The van der Waals surface area contributed by atoms with Gasteiger partial charge in [-0.15, -0.1) is 24.0 Å². The van der Waals surface area contributed by atoms with E-state index in [-0.39, 0.29) is 30.0 Å². The van der Waals surface area contributed by atoms with Crippen LogP contribution in [0.5, 0.6) is 0 Å². The van der Waals surface area contributed by atoms with Gasteiger partial charge in [0.1, 0.15) is 11.4 Å². The molecule has 1 aromatic carbocycles. The highest BCUT2D eigenvalue weighted by molar-refractivity contribution is 14.0. The summed E-state index contributed by atoms with van der Waals surface area (Å²) in [5.41, 5.74) is 0.706. The van der Waals surface area contributed by atoms with Crippen molar-refractivity contribution >= 4 is 36.0 Å². The Kier molecular flexibility index (Phi) is 12.9. The Labute approximate surface area is 215 Å². The molecule has 1 amide bonds. The molecule has 1 heterocycles. The monoisotopic (exact) mass is 570 g/mol. The minimum atomic E-state index is -0.518. The molecule has 0 saturated carbocycles. The maximum atomic E-state index is 12.0. The Morgan fingerprint density at radius 3 is 2.58 bits per heavy atom. The highest BCUT2D eigenvalue weighted by Gasteiger charge is 2.18. The summed E-state index contributed by atoms with van der Waals surface area (Å²) in [5.74, 6) is 1.60. The minimum Gasteiger partial charge on any atom is -0.444 e. The molecule has 9 heteroatoms. The number of carbonyl (C=O) groups is 1. The van der Waals surface area contributed by atoms with E-state index in [9.17, 15) is 4.79 Å². The predicted octanol–water partition coefficient (Wildman–Crippen LogP) is 4.30. The van der Waals surface area contributed by atoms with E-state index in [0.29, 0.717) is 19.0 Å². The van der Waals surface area contributed by atoms with Crippen LogP contribution in [0.4, 0.5) is 4.79 Å². The summed E-state index contributed by atoms with van der Waals surface area (Å²) < 4.78 is 7.47. The first-order valence-corrected chi connectivity index (χ1v) is 11.3. The van der Waals surface area contributed by atoms with E-state index in [1.807, 2.05) is 51.4 Å². The number of amides is 1. The fourth-order valence-corrected chi connectivity index (χ4v) is 3.18. The number of rotatable bonds is 10. The maximum Gasteiger partial charge on any atom is 0.407 e. The van der Waals surface area contributed by atoms with E-state index < -0.39 is 11.7 Å². The molecule has 0 spiro atoms. The molecule has 1 aromatic heterocycles. The lowest BCUT2D eigenvalue weighted by molar-refractivity contribution is 0.0523. The molecule has 3 N–H and O–H groups in total. The molecule has 8 nitrogen and oxygen atoms in total. The second-order valence-electron chi connectivity index (χ2n) is 8.75. The summed E-state index contributed by atoms with van der Waals surface area (Å²) in [6, 6.07) is 10.3. The minimum absolute atomic E-state index is 0. The molecule has 184 valence electrons. The van der Waals surface area contributed by atoms with Crippen molar-refractivity contribution < 1.29 is 9.53 Å². The van der Waals surface area contributed by atoms with Crippen LogP contribution in [0.25, 0.3) is 0 Å². The van der Waals surface area contributed by atoms with Gasteiger partial charge in [-0.2, -0.15) is 0 Å². The number of ether oxygens (including phenoxy) is 1. The smallest absolute Gasteiger partial charge is 0.407 e. The van der Waals surface area contributed by atoms with Crippen molar-refractivity contribution in [2.75, 3.05) is 13.6 Å². The van der Waals surface area contributed by atoms with Crippen molar-refractivity contribution in [2.24, 2.45) is 4.99 Å². The summed E-state index contributed by atoms with van der Waals surface area (Å²) in [7, 11) is 1.74. The van der Waals surface area contributed by atoms with E-state index in [4.69, 9.17) is 4.74 Å². The van der Waals surface area contributed by atoms with E-state index in [2.05, 4.69) is 49.6 Å². The van der Waals surface area contributed by atoms with Gasteiger partial charge in [0.05, 0.1) is 6.54 Å². The summed E-state index contributed by atoms with van der Waals surface area (Å²) in [6.45, 7) is 9.48. The summed E-state index contributed by atoms with van der Waals surface area (Å²) in [6.07, 6.45) is 6.42. The van der Waals surface area contributed by atoms with Crippen LogP contribution < -0.4 is 16.0 Å². The number of benzene rings is 1. The molecular weight excluding hydrogens is 531 g/mol. The van der Waals surface area contributed by atoms with Crippen LogP contribution >= 0.6 is 24.0 Å². The third-order valence-corrected chi connectivity index (χ3v) is 4.77. The molecule has 0 radical (unpaired) electrons. The zero-order chi connectivity index (χ0) is 23.4. The Morgan fingerprint density at radius 1 is 1.21 bits per heavy atom. The highest BCUT2D eigenvalue weighted by atomic mass is 127. The third kappa shape index (κ3) is 11.4. The van der Waals surface area contributed by atoms with Gasteiger partial charge in [0.15, 0.2) is 5.96 Å². The van der Waals surface area contributed by atoms with Crippen molar-refractivity contribution in [3.8, 4) is 0 Å². The SMILES string of the molecule is CCCCC(CNC(=O)OC(C)(C)C)NC(=NC)NCc1nccn1Cc1ccccc1.I. The van der Waals surface area contributed by atoms with Gasteiger partial charge in [0.25, 0.3) is 0 Å². The summed E-state index contributed by atoms with van der Waals surface area (Å²) in [5, 5.41) is 9.62. The first-order chi connectivity index (χ1) is 15.3. The molecule has 0 bridgehead atoms. The van der Waals surface area contributed by atoms with E-state index >= 15 is 0 Å². The zero-order valence-electron chi connectivity index (χ0n) is 20.4. The lowest BCUT2D eigenvalue weighted by atomic mass is 10.1. The molecule has 0 aliphatic carbocycles. The van der Waals surface area contributed by atoms with Crippen molar-refractivity contribution in [3.05, 3.63) is 54.1 Å². The molecular formula is C24H39IN6O2. The molecule has 33 heavy (non-hydrogen) atoms. The molecule has 2 rings (SSSR count). The topological polar surface area (TPSA) is 92.6 Å². The Balaban J connectivity index is 0.00000544. The van der Waals surface area contributed by atoms with Gasteiger partial charge in [0.2, 0.25) is 0 Å². The van der Waals surface area contributed by atoms with Gasteiger partial charge >= 0.3 is 6.09 Å². The number of hydrogen-bond acceptors (Lipinski definition) is 4. The average molecular weight is 571 g/mol. The second kappa shape index (κ2) is 14.8. The lowest BCUT2D eigenvalue weighted by Crippen LogP contribution is -2.49. The van der Waals surface area contributed by atoms with Crippen molar-refractivity contribution in [1.82, 2.24) is 25.5 Å². The molecule has 0 saturated heterocycles. The maximum absolute atomic E-state index is 12.0. The molecule has 0 aliphatic rings. The molecule has 0 aliphatic heterocycles. The van der Waals surface area contributed by atoms with Crippen LogP contribution in [0, 0.1) is 0 Å². The quantitative estimate of drug-likeness (QED) is 0.225. The zero-order valence-corrected chi connectivity index (χ0v) is 22.8. The first kappa shape index (κ1) is 28.7. The first-order valence-electron chi connectivity index (χ1n) is 11.3. The molecule has 1 atom stereocenters. The lowest BCUT2D eigenvalue weighted by Gasteiger charge is -2.24. The number of guanidine groups is 1. The number of nitrogens with zero attached hydrogens (tertiary/aromatic N) is 3. The van der Waals surface area contributed by atoms with Crippen molar-refractivity contribution in [1.29, 1.82) is 0 Å². The number of hydrogen-bond donors (Lipinski definition) is 3. The Bertz CT molecular complexity index is 848. The largest absolute Gasteiger partial charge is 0.444 e. The Morgan fingerprint density at radius 2 is 1.94 bits per heavy atom. The number of unbranched alkanes of at least 4 members (excludes halogenated alkanes) is 1. The number of halogens is 1. The third-order valence-electron chi connectivity index (χ3n) is 4.77. The normalized spacial score (nSPS) is 12.5. The standard InChI is InChI=1S/C24H38N6O2.HI/c1-6-7-13-20(16-28-23(31)32-24(2,3)4)29-22(25-5)27-17-21-26-14-15-30(21)18-19-11-9-8-10-12-19;/h8-12,14-15,20H,6-7,13,16-18H2,1-5H3,(H,28,31)(H2,25,27,29);1H. The highest BCUT2D eigenvalue weighted by Crippen LogP contribution is 2.08. The Hall–Kier alpha value is -2.30. The molecule has 1 unspecified atom stereocenters. The fourth-order valence-electron chi connectivity index (χ4n) is 3.18. The van der Waals surface area contributed by atoms with Crippen LogP contribution in [0.2, 0.25) is 0 Å². The van der Waals surface area contributed by atoms with E-state index in [0.717, 1.165) is 31.6 Å². The van der Waals surface area contributed by atoms with Crippen molar-refractivity contribution in [3.63, 3.8) is 0 Å². The van der Waals surface area contributed by atoms with Gasteiger partial charge in [-0.25, -0.2) is 9.78 Å². The second-order valence-corrected chi connectivity index (χ2v) is 8.75. The molecule has 2 aromatic rings. The predicted molar refractivity (Wildman–Crippen MR) is 144 cm³/mol. The number of aromatic nitrogens is 2. The summed E-state index contributed by atoms with van der Waals surface area (Å²) in [4.78, 5) is 20.9. The van der Waals surface area contributed by atoms with Gasteiger partial charge < -0.3 is 25.3 Å². The fraction of sp³-hybridized carbons (Fsp3) is 0.542. The number of alkyl carbamates (subject to hydrolysis) is 1. The van der Waals surface area contributed by atoms with Crippen molar-refractivity contribution in [2.45, 2.75) is 71.7 Å². The number of nitrogens with one attached hydrogen (secondary N) is 3. The van der Waals surface area contributed by atoms with Crippen LogP contribution in [-0.4, -0.2) is 46.8 Å². The number of aliphatic imine (C=N–C) groups is 1. The van der Waals surface area contributed by atoms with Crippen LogP contribution in [-0.2, 0) is 17.8 Å². The van der Waals surface area contributed by atoms with Crippen LogP contribution in [0.15, 0.2) is 47.7 Å². The van der Waals surface area contributed by atoms with Crippen LogP contribution in [0.1, 0.15) is 58.3 Å². The number of carbonyl (C=O) groups excluding carboxylic acids is 1. The molecule has 0 fully saturated rings. The van der Waals surface area contributed by atoms with E-state index in [1.165, 1.54) is 5.56 Å². The van der Waals surface area contributed by atoms with Crippen LogP contribution in [0.3, 0.4) is 0 Å². The van der Waals surface area contributed by atoms with Gasteiger partial charge in [-0.1, -0.05) is 50.1 Å². The van der Waals surface area contributed by atoms with Gasteiger partial charge in [-0.3, -0.25) is 4.99 Å². The van der Waals surface area contributed by atoms with Gasteiger partial charge in [0, 0.05) is 38.6 Å². The number of imidazole rings is 1. The average Bonchev–Trinajstić information content (AvgIpc) is 3.19. The summed E-state index contributed by atoms with van der Waals surface area (Å²) >= 11 is 0. The van der Waals surface area contributed by atoms with E-state index in [1.54, 1.807) is 7.05 Å². The van der Waals surface area contributed by atoms with Gasteiger partial charge in [-0.05, 0) is 32.8 Å².